The standard InChI is InChI=1S/C20H24BrN3O3S2/c1-2-10-22(15-17-8-9-19(21)28-17)16-20(25)23-11-13-24(14-12-23)29(26,27)18-6-4-3-5-7-18/h2-9H,1,10-16H2. The Morgan fingerprint density at radius 1 is 1.14 bits per heavy atom. The maximum atomic E-state index is 12.8. The van der Waals surface area contributed by atoms with Gasteiger partial charge in [-0.2, -0.15) is 4.31 Å². The van der Waals surface area contributed by atoms with E-state index in [4.69, 9.17) is 0 Å². The molecule has 156 valence electrons. The van der Waals surface area contributed by atoms with Gasteiger partial charge in [0.05, 0.1) is 15.2 Å². The van der Waals surface area contributed by atoms with E-state index in [2.05, 4.69) is 22.5 Å². The second-order valence-electron chi connectivity index (χ2n) is 6.76. The molecule has 1 fully saturated rings. The van der Waals surface area contributed by atoms with E-state index >= 15 is 0 Å². The average molecular weight is 498 g/mol. The Bertz CT molecular complexity index is 939. The molecule has 9 heteroatoms. The first-order valence-electron chi connectivity index (χ1n) is 9.30. The molecule has 0 atom stereocenters. The Balaban J connectivity index is 1.56. The molecule has 0 radical (unpaired) electrons. The lowest BCUT2D eigenvalue weighted by Crippen LogP contribution is -2.52. The van der Waals surface area contributed by atoms with E-state index in [1.165, 1.54) is 9.18 Å². The van der Waals surface area contributed by atoms with Crippen LogP contribution in [0, 0.1) is 0 Å². The van der Waals surface area contributed by atoms with E-state index in [0.29, 0.717) is 44.2 Å². The minimum absolute atomic E-state index is 0.0132. The zero-order chi connectivity index (χ0) is 20.9. The molecule has 1 aliphatic rings. The van der Waals surface area contributed by atoms with Gasteiger partial charge in [-0.1, -0.05) is 24.3 Å². The molecule has 0 aliphatic carbocycles. The van der Waals surface area contributed by atoms with Crippen LogP contribution in [0.25, 0.3) is 0 Å². The largest absolute Gasteiger partial charge is 0.339 e. The van der Waals surface area contributed by atoms with Crippen molar-refractivity contribution >= 4 is 43.2 Å². The predicted octanol–water partition coefficient (Wildman–Crippen LogP) is 3.03. The number of piperazine rings is 1. The van der Waals surface area contributed by atoms with Gasteiger partial charge in [-0.25, -0.2) is 8.42 Å². The lowest BCUT2D eigenvalue weighted by molar-refractivity contribution is -0.133. The summed E-state index contributed by atoms with van der Waals surface area (Å²) in [4.78, 5) is 18.0. The number of rotatable bonds is 8. The van der Waals surface area contributed by atoms with Crippen LogP contribution in [0.5, 0.6) is 0 Å². The molecule has 1 aromatic heterocycles. The fourth-order valence-corrected chi connectivity index (χ4v) is 6.20. The molecule has 3 rings (SSSR count). The second kappa shape index (κ2) is 9.99. The number of nitrogens with zero attached hydrogens (tertiary/aromatic N) is 3. The maximum Gasteiger partial charge on any atom is 0.243 e. The van der Waals surface area contributed by atoms with Gasteiger partial charge in [-0.3, -0.25) is 9.69 Å². The van der Waals surface area contributed by atoms with E-state index in [1.807, 2.05) is 17.0 Å². The second-order valence-corrected chi connectivity index (χ2v) is 11.2. The molecular weight excluding hydrogens is 474 g/mol. The number of benzene rings is 1. The average Bonchev–Trinajstić information content (AvgIpc) is 3.13. The summed E-state index contributed by atoms with van der Waals surface area (Å²) in [6.07, 6.45) is 1.79. The highest BCUT2D eigenvalue weighted by Gasteiger charge is 2.30. The SMILES string of the molecule is C=CCN(CC(=O)N1CCN(S(=O)(=O)c2ccccc2)CC1)Cc1ccc(Br)s1. The van der Waals surface area contributed by atoms with Crippen LogP contribution in [0.2, 0.25) is 0 Å². The van der Waals surface area contributed by atoms with Crippen LogP contribution < -0.4 is 0 Å². The molecule has 1 amide bonds. The lowest BCUT2D eigenvalue weighted by Gasteiger charge is -2.35. The minimum atomic E-state index is -3.51. The summed E-state index contributed by atoms with van der Waals surface area (Å²) >= 11 is 5.11. The normalized spacial score (nSPS) is 15.6. The topological polar surface area (TPSA) is 60.9 Å². The van der Waals surface area contributed by atoms with Crippen molar-refractivity contribution in [2.45, 2.75) is 11.4 Å². The van der Waals surface area contributed by atoms with Crippen molar-refractivity contribution in [2.24, 2.45) is 0 Å². The summed E-state index contributed by atoms with van der Waals surface area (Å²) in [7, 11) is -3.51. The molecule has 2 aromatic rings. The van der Waals surface area contributed by atoms with Crippen molar-refractivity contribution in [3.8, 4) is 0 Å². The van der Waals surface area contributed by atoms with Gasteiger partial charge in [0.2, 0.25) is 15.9 Å². The highest BCUT2D eigenvalue weighted by atomic mass is 79.9. The molecule has 29 heavy (non-hydrogen) atoms. The third-order valence-corrected chi connectivity index (χ3v) is 8.25. The molecule has 6 nitrogen and oxygen atoms in total. The van der Waals surface area contributed by atoms with Crippen molar-refractivity contribution < 1.29 is 13.2 Å². The fraction of sp³-hybridized carbons (Fsp3) is 0.350. The van der Waals surface area contributed by atoms with Gasteiger partial charge in [0, 0.05) is 44.1 Å². The Labute approximate surface area is 184 Å². The summed E-state index contributed by atoms with van der Waals surface area (Å²) in [6, 6.07) is 12.5. The summed E-state index contributed by atoms with van der Waals surface area (Å²) < 4.78 is 28.0. The van der Waals surface area contributed by atoms with E-state index in [-0.39, 0.29) is 12.5 Å². The fourth-order valence-electron chi connectivity index (χ4n) is 3.24. The zero-order valence-corrected chi connectivity index (χ0v) is 19.3. The van der Waals surface area contributed by atoms with E-state index < -0.39 is 10.0 Å². The van der Waals surface area contributed by atoms with Crippen molar-refractivity contribution in [3.05, 3.63) is 63.8 Å². The monoisotopic (exact) mass is 497 g/mol. The number of halogens is 1. The first-order valence-corrected chi connectivity index (χ1v) is 12.4. The van der Waals surface area contributed by atoms with Crippen LogP contribution >= 0.6 is 27.3 Å². The van der Waals surface area contributed by atoms with Crippen molar-refractivity contribution in [1.82, 2.24) is 14.1 Å². The van der Waals surface area contributed by atoms with Crippen molar-refractivity contribution in [3.63, 3.8) is 0 Å². The molecule has 0 unspecified atom stereocenters. The van der Waals surface area contributed by atoms with Gasteiger partial charge >= 0.3 is 0 Å². The number of carbonyl (C=O) groups excluding carboxylic acids is 1. The number of sulfonamides is 1. The molecule has 2 heterocycles. The molecule has 0 bridgehead atoms. The molecule has 0 spiro atoms. The Morgan fingerprint density at radius 3 is 2.41 bits per heavy atom. The maximum absolute atomic E-state index is 12.8. The summed E-state index contributed by atoms with van der Waals surface area (Å²) in [5.74, 6) is 0.0132. The first kappa shape index (κ1) is 22.2. The summed E-state index contributed by atoms with van der Waals surface area (Å²) in [5.41, 5.74) is 0. The van der Waals surface area contributed by atoms with Crippen LogP contribution in [0.3, 0.4) is 0 Å². The first-order chi connectivity index (χ1) is 13.9. The highest BCUT2D eigenvalue weighted by Crippen LogP contribution is 2.23. The van der Waals surface area contributed by atoms with Crippen molar-refractivity contribution in [1.29, 1.82) is 0 Å². The smallest absolute Gasteiger partial charge is 0.243 e. The Kier molecular flexibility index (Phi) is 7.64. The van der Waals surface area contributed by atoms with E-state index in [0.717, 1.165) is 3.79 Å². The Hall–Kier alpha value is -1.52. The number of carbonyl (C=O) groups is 1. The van der Waals surface area contributed by atoms with Crippen LogP contribution in [0.1, 0.15) is 4.88 Å². The van der Waals surface area contributed by atoms with Gasteiger partial charge in [0.25, 0.3) is 0 Å². The number of hydrogen-bond acceptors (Lipinski definition) is 5. The van der Waals surface area contributed by atoms with Crippen LogP contribution in [-0.2, 0) is 21.4 Å². The molecule has 1 saturated heterocycles. The van der Waals surface area contributed by atoms with Crippen LogP contribution in [-0.4, -0.2) is 67.7 Å². The molecule has 1 aliphatic heterocycles. The summed E-state index contributed by atoms with van der Waals surface area (Å²) in [6.45, 7) is 6.78. The van der Waals surface area contributed by atoms with Crippen molar-refractivity contribution in [2.75, 3.05) is 39.3 Å². The lowest BCUT2D eigenvalue weighted by atomic mass is 10.3. The zero-order valence-electron chi connectivity index (χ0n) is 16.0. The predicted molar refractivity (Wildman–Crippen MR) is 119 cm³/mol. The third-order valence-electron chi connectivity index (χ3n) is 4.73. The van der Waals surface area contributed by atoms with Gasteiger partial charge in [0.15, 0.2) is 0 Å². The van der Waals surface area contributed by atoms with Crippen LogP contribution in [0.4, 0.5) is 0 Å². The Morgan fingerprint density at radius 2 is 1.83 bits per heavy atom. The van der Waals surface area contributed by atoms with Gasteiger partial charge in [-0.05, 0) is 40.2 Å². The number of thiophene rings is 1. The van der Waals surface area contributed by atoms with Gasteiger partial charge in [0.1, 0.15) is 0 Å². The number of amides is 1. The van der Waals surface area contributed by atoms with Gasteiger partial charge < -0.3 is 4.90 Å². The molecule has 0 saturated carbocycles. The summed E-state index contributed by atoms with van der Waals surface area (Å²) in [5, 5.41) is 0. The highest BCUT2D eigenvalue weighted by molar-refractivity contribution is 9.11. The molecular formula is C20H24BrN3O3S2. The minimum Gasteiger partial charge on any atom is -0.339 e. The number of hydrogen-bond donors (Lipinski definition) is 0. The molecule has 0 N–H and O–H groups in total. The third kappa shape index (κ3) is 5.76. The van der Waals surface area contributed by atoms with Gasteiger partial charge in [-0.15, -0.1) is 17.9 Å². The van der Waals surface area contributed by atoms with E-state index in [1.54, 1.807) is 52.6 Å². The van der Waals surface area contributed by atoms with Crippen LogP contribution in [0.15, 0.2) is 63.8 Å². The quantitative estimate of drug-likeness (QED) is 0.525. The van der Waals surface area contributed by atoms with E-state index in [9.17, 15) is 13.2 Å². The molecule has 1 aromatic carbocycles.